The van der Waals surface area contributed by atoms with E-state index in [4.69, 9.17) is 23.7 Å². The van der Waals surface area contributed by atoms with Crippen molar-refractivity contribution in [3.63, 3.8) is 0 Å². The van der Waals surface area contributed by atoms with E-state index in [2.05, 4.69) is 0 Å². The number of hydrogen-bond acceptors (Lipinski definition) is 8. The van der Waals surface area contributed by atoms with Crippen LogP contribution in [0.3, 0.4) is 0 Å². The number of aliphatic hydroxyl groups is 3. The molecule has 3 heterocycles. The highest BCUT2D eigenvalue weighted by molar-refractivity contribution is 5.47. The molecule has 148 valence electrons. The summed E-state index contributed by atoms with van der Waals surface area (Å²) in [5.41, 5.74) is -0.485. The Hall–Kier alpha value is -2.52. The fraction of sp³-hybridized carbons (Fsp3) is 0.400. The number of aliphatic hydroxyl groups excluding tert-OH is 2. The summed E-state index contributed by atoms with van der Waals surface area (Å²) in [6, 6.07) is 10.3. The monoisotopic (exact) mass is 388 g/mol. The van der Waals surface area contributed by atoms with E-state index < -0.39 is 23.7 Å². The van der Waals surface area contributed by atoms with Crippen LogP contribution in [0.2, 0.25) is 0 Å². The summed E-state index contributed by atoms with van der Waals surface area (Å²) in [4.78, 5) is 0. The SMILES string of the molecule is OC[C@@H]1[C@@H](c2ccc3c(c2)OCO3)OC[C@]1(O)[C@H](O)c1ccc2c(c1)OCO2. The molecule has 4 atom stereocenters. The normalized spacial score (nSPS) is 28.5. The van der Waals surface area contributed by atoms with Gasteiger partial charge in [0.2, 0.25) is 13.6 Å². The van der Waals surface area contributed by atoms with Gasteiger partial charge in [-0.25, -0.2) is 0 Å². The minimum absolute atomic E-state index is 0.119. The van der Waals surface area contributed by atoms with Crippen molar-refractivity contribution in [3.05, 3.63) is 47.5 Å². The molecule has 2 aromatic carbocycles. The average molecular weight is 388 g/mol. The second-order valence-corrected chi connectivity index (χ2v) is 7.14. The lowest BCUT2D eigenvalue weighted by Crippen LogP contribution is -2.45. The van der Waals surface area contributed by atoms with E-state index in [9.17, 15) is 15.3 Å². The molecule has 1 fully saturated rings. The molecule has 0 aromatic heterocycles. The van der Waals surface area contributed by atoms with Gasteiger partial charge in [0.25, 0.3) is 0 Å². The molecule has 0 amide bonds. The van der Waals surface area contributed by atoms with Crippen LogP contribution in [0.4, 0.5) is 0 Å². The second kappa shape index (κ2) is 6.52. The van der Waals surface area contributed by atoms with Gasteiger partial charge in [0.15, 0.2) is 23.0 Å². The Labute approximate surface area is 160 Å². The maximum Gasteiger partial charge on any atom is 0.231 e. The molecular formula is C20H20O8. The summed E-state index contributed by atoms with van der Waals surface area (Å²) in [6.45, 7) is -0.224. The van der Waals surface area contributed by atoms with Crippen molar-refractivity contribution in [2.75, 3.05) is 26.8 Å². The second-order valence-electron chi connectivity index (χ2n) is 7.14. The van der Waals surface area contributed by atoms with E-state index in [1.54, 1.807) is 36.4 Å². The first kappa shape index (κ1) is 17.6. The molecule has 1 saturated heterocycles. The molecule has 0 unspecified atom stereocenters. The summed E-state index contributed by atoms with van der Waals surface area (Å²) in [5.74, 6) is 1.57. The van der Waals surface area contributed by atoms with E-state index in [1.807, 2.05) is 0 Å². The van der Waals surface area contributed by atoms with Crippen molar-refractivity contribution in [2.24, 2.45) is 5.92 Å². The highest BCUT2D eigenvalue weighted by Gasteiger charge is 2.54. The number of ether oxygens (including phenoxy) is 5. The van der Waals surface area contributed by atoms with Crippen LogP contribution in [0.5, 0.6) is 23.0 Å². The van der Waals surface area contributed by atoms with Crippen LogP contribution in [0.25, 0.3) is 0 Å². The van der Waals surface area contributed by atoms with Gasteiger partial charge in [-0.2, -0.15) is 0 Å². The summed E-state index contributed by atoms with van der Waals surface area (Å²) in [5, 5.41) is 32.3. The Kier molecular flexibility index (Phi) is 4.09. The van der Waals surface area contributed by atoms with Gasteiger partial charge in [0.1, 0.15) is 11.7 Å². The van der Waals surface area contributed by atoms with Crippen LogP contribution >= 0.6 is 0 Å². The fourth-order valence-electron chi connectivity index (χ4n) is 4.03. The lowest BCUT2D eigenvalue weighted by atomic mass is 9.78. The number of rotatable bonds is 4. The molecule has 8 nitrogen and oxygen atoms in total. The maximum atomic E-state index is 11.3. The summed E-state index contributed by atoms with van der Waals surface area (Å²) >= 11 is 0. The Balaban J connectivity index is 1.44. The standard InChI is InChI=1S/C20H20O8/c21-7-13-18(11-1-3-14-16(5-11)27-9-25-14)24-8-20(13,23)19(22)12-2-4-15-17(6-12)28-10-26-15/h1-6,13,18-19,21-23H,7-10H2/t13-,18-,19-,20-/m1/s1. The van der Waals surface area contributed by atoms with Gasteiger partial charge < -0.3 is 39.0 Å². The zero-order chi connectivity index (χ0) is 19.3. The van der Waals surface area contributed by atoms with E-state index in [0.717, 1.165) is 5.56 Å². The molecule has 3 N–H and O–H groups in total. The van der Waals surface area contributed by atoms with Gasteiger partial charge in [-0.05, 0) is 35.4 Å². The third-order valence-corrected chi connectivity index (χ3v) is 5.61. The maximum absolute atomic E-state index is 11.3. The lowest BCUT2D eigenvalue weighted by molar-refractivity contribution is -0.110. The topological polar surface area (TPSA) is 107 Å². The Morgan fingerprint density at radius 3 is 2.29 bits per heavy atom. The molecule has 28 heavy (non-hydrogen) atoms. The molecule has 3 aliphatic rings. The predicted molar refractivity (Wildman–Crippen MR) is 94.3 cm³/mol. The predicted octanol–water partition coefficient (Wildman–Crippen LogP) is 1.29. The molecule has 3 aliphatic heterocycles. The molecule has 0 aliphatic carbocycles. The zero-order valence-electron chi connectivity index (χ0n) is 14.9. The van der Waals surface area contributed by atoms with Crippen molar-refractivity contribution in [1.29, 1.82) is 0 Å². The summed E-state index contributed by atoms with van der Waals surface area (Å²) in [7, 11) is 0. The van der Waals surface area contributed by atoms with Crippen molar-refractivity contribution in [1.82, 2.24) is 0 Å². The lowest BCUT2D eigenvalue weighted by Gasteiger charge is -2.34. The van der Waals surface area contributed by atoms with Crippen LogP contribution in [0.1, 0.15) is 23.3 Å². The van der Waals surface area contributed by atoms with E-state index in [0.29, 0.717) is 28.6 Å². The Bertz CT molecular complexity index is 844. The van der Waals surface area contributed by atoms with Gasteiger partial charge in [-0.15, -0.1) is 0 Å². The first-order valence-electron chi connectivity index (χ1n) is 9.02. The van der Waals surface area contributed by atoms with E-state index >= 15 is 0 Å². The molecule has 2 aromatic rings. The van der Waals surface area contributed by atoms with Crippen LogP contribution in [0.15, 0.2) is 36.4 Å². The highest BCUT2D eigenvalue weighted by atomic mass is 16.7. The first-order valence-corrected chi connectivity index (χ1v) is 9.02. The Morgan fingerprint density at radius 2 is 1.57 bits per heavy atom. The van der Waals surface area contributed by atoms with Gasteiger partial charge >= 0.3 is 0 Å². The van der Waals surface area contributed by atoms with Crippen LogP contribution < -0.4 is 18.9 Å². The molecule has 0 saturated carbocycles. The molecule has 0 spiro atoms. The fourth-order valence-corrected chi connectivity index (χ4v) is 4.03. The average Bonchev–Trinajstić information content (AvgIpc) is 3.44. The van der Waals surface area contributed by atoms with Gasteiger partial charge in [0, 0.05) is 5.92 Å². The summed E-state index contributed by atoms with van der Waals surface area (Å²) < 4.78 is 27.2. The number of benzene rings is 2. The van der Waals surface area contributed by atoms with Gasteiger partial charge in [-0.1, -0.05) is 12.1 Å². The molecule has 5 rings (SSSR count). The third kappa shape index (κ3) is 2.61. The molecule has 8 heteroatoms. The smallest absolute Gasteiger partial charge is 0.231 e. The zero-order valence-corrected chi connectivity index (χ0v) is 14.9. The van der Waals surface area contributed by atoms with Crippen LogP contribution in [-0.2, 0) is 4.74 Å². The number of fused-ring (bicyclic) bond motifs is 2. The largest absolute Gasteiger partial charge is 0.454 e. The van der Waals surface area contributed by atoms with Crippen LogP contribution in [-0.4, -0.2) is 47.7 Å². The van der Waals surface area contributed by atoms with Crippen LogP contribution in [0, 0.1) is 5.92 Å². The van der Waals surface area contributed by atoms with Gasteiger partial charge in [-0.3, -0.25) is 0 Å². The van der Waals surface area contributed by atoms with Crippen molar-refractivity contribution < 1.29 is 39.0 Å². The van der Waals surface area contributed by atoms with Crippen molar-refractivity contribution in [3.8, 4) is 23.0 Å². The number of hydrogen-bond donors (Lipinski definition) is 3. The quantitative estimate of drug-likeness (QED) is 0.719. The first-order chi connectivity index (χ1) is 13.6. The van der Waals surface area contributed by atoms with E-state index in [-0.39, 0.29) is 26.8 Å². The van der Waals surface area contributed by atoms with Gasteiger partial charge in [0.05, 0.1) is 19.3 Å². The summed E-state index contributed by atoms with van der Waals surface area (Å²) in [6.07, 6.45) is -1.88. The van der Waals surface area contributed by atoms with E-state index in [1.165, 1.54) is 0 Å². The van der Waals surface area contributed by atoms with Crippen molar-refractivity contribution >= 4 is 0 Å². The molecule has 0 radical (unpaired) electrons. The Morgan fingerprint density at radius 1 is 0.929 bits per heavy atom. The molecule has 0 bridgehead atoms. The highest BCUT2D eigenvalue weighted by Crippen LogP contribution is 2.49. The minimum Gasteiger partial charge on any atom is -0.454 e. The third-order valence-electron chi connectivity index (χ3n) is 5.61. The minimum atomic E-state index is -1.68. The molecular weight excluding hydrogens is 368 g/mol. The van der Waals surface area contributed by atoms with Crippen molar-refractivity contribution in [2.45, 2.75) is 17.8 Å².